The van der Waals surface area contributed by atoms with E-state index in [4.69, 9.17) is 37.4 Å². The molecule has 0 atom stereocenters. The van der Waals surface area contributed by atoms with Gasteiger partial charge < -0.3 is 19.5 Å². The Morgan fingerprint density at radius 1 is 1.35 bits per heavy atom. The lowest BCUT2D eigenvalue weighted by Crippen LogP contribution is -2.19. The lowest BCUT2D eigenvalue weighted by atomic mass is 10.2. The number of benzene rings is 1. The summed E-state index contributed by atoms with van der Waals surface area (Å²) in [4.78, 5) is 0. The van der Waals surface area contributed by atoms with E-state index in [1.807, 2.05) is 18.2 Å². The van der Waals surface area contributed by atoms with Crippen LogP contribution in [0.3, 0.4) is 0 Å². The van der Waals surface area contributed by atoms with Crippen LogP contribution in [0.25, 0.3) is 0 Å². The van der Waals surface area contributed by atoms with E-state index in [2.05, 4.69) is 5.32 Å². The molecule has 0 saturated carbocycles. The molecule has 0 saturated heterocycles. The van der Waals surface area contributed by atoms with Crippen molar-refractivity contribution in [3.63, 3.8) is 0 Å². The van der Waals surface area contributed by atoms with Crippen LogP contribution < -0.4 is 14.8 Å². The zero-order chi connectivity index (χ0) is 14.8. The van der Waals surface area contributed by atoms with Crippen LogP contribution in [-0.4, -0.2) is 34.0 Å². The topological polar surface area (TPSA) is 39.7 Å². The molecule has 20 heavy (non-hydrogen) atoms. The average Bonchev–Trinajstić information content (AvgIpc) is 2.49. The number of ether oxygens (including phenoxy) is 3. The fraction of sp³-hybridized carbons (Fsp3) is 0.429. The third-order valence-corrected chi connectivity index (χ3v) is 3.15. The van der Waals surface area contributed by atoms with Crippen molar-refractivity contribution in [3.8, 4) is 11.5 Å². The van der Waals surface area contributed by atoms with Gasteiger partial charge in [-0.05, 0) is 6.07 Å². The largest absolute Gasteiger partial charge is 0.497 e. The Hall–Kier alpha value is -0.940. The van der Waals surface area contributed by atoms with Gasteiger partial charge in [0.05, 0.1) is 18.7 Å². The molecule has 0 heterocycles. The van der Waals surface area contributed by atoms with Gasteiger partial charge in [0.1, 0.15) is 18.1 Å². The average molecular weight is 320 g/mol. The van der Waals surface area contributed by atoms with Crippen LogP contribution in [0.1, 0.15) is 5.56 Å². The maximum atomic E-state index is 5.83. The first-order chi connectivity index (χ1) is 9.71. The third-order valence-electron chi connectivity index (χ3n) is 2.56. The molecule has 1 rings (SSSR count). The van der Waals surface area contributed by atoms with Crippen LogP contribution >= 0.6 is 23.2 Å². The molecule has 4 nitrogen and oxygen atoms in total. The minimum absolute atomic E-state index is 0.225. The van der Waals surface area contributed by atoms with E-state index in [-0.39, 0.29) is 6.61 Å². The van der Waals surface area contributed by atoms with Gasteiger partial charge in [0.25, 0.3) is 0 Å². The fourth-order valence-electron chi connectivity index (χ4n) is 1.52. The normalized spacial score (nSPS) is 11.5. The predicted octanol–water partition coefficient (Wildman–Crippen LogP) is 3.13. The summed E-state index contributed by atoms with van der Waals surface area (Å²) in [6.07, 6.45) is 0. The van der Waals surface area contributed by atoms with Gasteiger partial charge in [0.15, 0.2) is 0 Å². The summed E-state index contributed by atoms with van der Waals surface area (Å²) < 4.78 is 15.8. The number of nitrogens with one attached hydrogen (secondary N) is 1. The molecule has 1 N–H and O–H groups in total. The van der Waals surface area contributed by atoms with Crippen molar-refractivity contribution in [2.45, 2.75) is 6.54 Å². The van der Waals surface area contributed by atoms with Crippen molar-refractivity contribution in [1.82, 2.24) is 5.32 Å². The first-order valence-corrected chi connectivity index (χ1v) is 6.96. The highest BCUT2D eigenvalue weighted by Crippen LogP contribution is 2.25. The maximum Gasteiger partial charge on any atom is 0.128 e. The second-order valence-electron chi connectivity index (χ2n) is 3.99. The van der Waals surface area contributed by atoms with Crippen molar-refractivity contribution >= 4 is 23.2 Å². The monoisotopic (exact) mass is 319 g/mol. The van der Waals surface area contributed by atoms with Crippen molar-refractivity contribution < 1.29 is 14.2 Å². The van der Waals surface area contributed by atoms with E-state index in [1.165, 1.54) is 5.54 Å². The standard InChI is InChI=1S/C14H19Cl2NO3/c1-18-6-5-17-9-11-3-4-13(19-2)7-14(11)20-10-12(16)8-15/h3-4,7-8,17H,5-6,9-10H2,1-2H3. The molecule has 0 aliphatic carbocycles. The van der Waals surface area contributed by atoms with Crippen LogP contribution in [0.2, 0.25) is 0 Å². The second-order valence-corrected chi connectivity index (χ2v) is 4.69. The highest BCUT2D eigenvalue weighted by atomic mass is 35.5. The molecule has 0 fully saturated rings. The predicted molar refractivity (Wildman–Crippen MR) is 81.9 cm³/mol. The SMILES string of the molecule is COCCNCc1ccc(OC)cc1OCC(Cl)=CCl. The Balaban J connectivity index is 2.70. The number of halogens is 2. The summed E-state index contributed by atoms with van der Waals surface area (Å²) in [5.41, 5.74) is 2.30. The summed E-state index contributed by atoms with van der Waals surface area (Å²) in [6.45, 7) is 2.33. The third kappa shape index (κ3) is 6.01. The number of hydrogen-bond donors (Lipinski definition) is 1. The Morgan fingerprint density at radius 3 is 2.80 bits per heavy atom. The maximum absolute atomic E-state index is 5.83. The molecule has 0 bridgehead atoms. The Labute approximate surface area is 129 Å². The minimum atomic E-state index is 0.225. The summed E-state index contributed by atoms with van der Waals surface area (Å²) >= 11 is 11.3. The number of hydrogen-bond acceptors (Lipinski definition) is 4. The molecule has 0 aromatic heterocycles. The van der Waals surface area contributed by atoms with Crippen molar-refractivity contribution in [2.75, 3.05) is 34.0 Å². The Morgan fingerprint density at radius 2 is 2.15 bits per heavy atom. The van der Waals surface area contributed by atoms with Gasteiger partial charge in [0.2, 0.25) is 0 Å². The van der Waals surface area contributed by atoms with Crippen LogP contribution in [-0.2, 0) is 11.3 Å². The molecule has 0 aliphatic rings. The lowest BCUT2D eigenvalue weighted by molar-refractivity contribution is 0.199. The van der Waals surface area contributed by atoms with Crippen molar-refractivity contribution in [3.05, 3.63) is 34.3 Å². The fourth-order valence-corrected chi connectivity index (χ4v) is 1.64. The summed E-state index contributed by atoms with van der Waals surface area (Å²) in [7, 11) is 3.28. The molecule has 0 aliphatic heterocycles. The summed E-state index contributed by atoms with van der Waals surface area (Å²) in [5.74, 6) is 1.44. The zero-order valence-electron chi connectivity index (χ0n) is 11.6. The number of methoxy groups -OCH3 is 2. The molecule has 0 amide bonds. The van der Waals surface area contributed by atoms with Crippen molar-refractivity contribution in [1.29, 1.82) is 0 Å². The van der Waals surface area contributed by atoms with Gasteiger partial charge in [-0.25, -0.2) is 0 Å². The van der Waals surface area contributed by atoms with E-state index >= 15 is 0 Å². The highest BCUT2D eigenvalue weighted by molar-refractivity contribution is 6.36. The highest BCUT2D eigenvalue weighted by Gasteiger charge is 2.06. The van der Waals surface area contributed by atoms with E-state index in [1.54, 1.807) is 14.2 Å². The van der Waals surface area contributed by atoms with Gasteiger partial charge in [-0.2, -0.15) is 0 Å². The van der Waals surface area contributed by atoms with Gasteiger partial charge in [-0.1, -0.05) is 29.3 Å². The Kier molecular flexibility index (Phi) is 8.46. The lowest BCUT2D eigenvalue weighted by Gasteiger charge is -2.13. The Bertz CT molecular complexity index is 438. The van der Waals surface area contributed by atoms with E-state index in [0.717, 1.165) is 17.9 Å². The zero-order valence-corrected chi connectivity index (χ0v) is 13.1. The molecule has 1 aromatic rings. The van der Waals surface area contributed by atoms with E-state index in [9.17, 15) is 0 Å². The molecule has 112 valence electrons. The smallest absolute Gasteiger partial charge is 0.128 e. The molecule has 0 radical (unpaired) electrons. The number of rotatable bonds is 9. The van der Waals surface area contributed by atoms with Crippen LogP contribution in [0.4, 0.5) is 0 Å². The summed E-state index contributed by atoms with van der Waals surface area (Å²) in [5, 5.41) is 3.70. The second kappa shape index (κ2) is 9.88. The van der Waals surface area contributed by atoms with E-state index in [0.29, 0.717) is 23.9 Å². The molecular weight excluding hydrogens is 301 g/mol. The minimum Gasteiger partial charge on any atom is -0.497 e. The van der Waals surface area contributed by atoms with Gasteiger partial charge in [-0.15, -0.1) is 0 Å². The van der Waals surface area contributed by atoms with Gasteiger partial charge in [-0.3, -0.25) is 0 Å². The summed E-state index contributed by atoms with van der Waals surface area (Å²) in [6, 6.07) is 5.66. The van der Waals surface area contributed by atoms with Gasteiger partial charge in [0, 0.05) is 37.4 Å². The quantitative estimate of drug-likeness (QED) is 0.710. The first kappa shape index (κ1) is 17.1. The van der Waals surface area contributed by atoms with Crippen LogP contribution in [0, 0.1) is 0 Å². The van der Waals surface area contributed by atoms with Crippen LogP contribution in [0.5, 0.6) is 11.5 Å². The molecule has 0 spiro atoms. The molecule has 6 heteroatoms. The molecule has 1 aromatic carbocycles. The van der Waals surface area contributed by atoms with Crippen LogP contribution in [0.15, 0.2) is 28.8 Å². The first-order valence-electron chi connectivity index (χ1n) is 6.15. The molecule has 0 unspecified atom stereocenters. The molecular formula is C14H19Cl2NO3. The van der Waals surface area contributed by atoms with E-state index < -0.39 is 0 Å². The van der Waals surface area contributed by atoms with Crippen molar-refractivity contribution in [2.24, 2.45) is 0 Å². The van der Waals surface area contributed by atoms with Gasteiger partial charge >= 0.3 is 0 Å².